The number of methoxy groups -OCH3 is 1. The third kappa shape index (κ3) is 3.11. The summed E-state index contributed by atoms with van der Waals surface area (Å²) in [4.78, 5) is 11.1. The van der Waals surface area contributed by atoms with Gasteiger partial charge in [-0.3, -0.25) is 4.79 Å². The van der Waals surface area contributed by atoms with Crippen LogP contribution in [-0.2, 0) is 16.0 Å². The maximum Gasteiger partial charge on any atom is 0.322 e. The minimum Gasteiger partial charge on any atom is -0.468 e. The van der Waals surface area contributed by atoms with Crippen molar-refractivity contribution < 1.29 is 9.53 Å². The van der Waals surface area contributed by atoms with Gasteiger partial charge in [-0.15, -0.1) is 0 Å². The fraction of sp³-hybridized carbons (Fsp3) is 0.300. The van der Waals surface area contributed by atoms with Crippen LogP contribution < -0.4 is 11.5 Å². The largest absolute Gasteiger partial charge is 0.468 e. The van der Waals surface area contributed by atoms with Crippen molar-refractivity contribution in [3.63, 3.8) is 0 Å². The van der Waals surface area contributed by atoms with E-state index in [1.807, 2.05) is 0 Å². The molecule has 0 aliphatic carbocycles. The number of esters is 1. The molecule has 0 aromatic heterocycles. The monoisotopic (exact) mass is 228 g/mol. The van der Waals surface area contributed by atoms with E-state index in [2.05, 4.69) is 4.74 Å². The zero-order chi connectivity index (χ0) is 11.4. The molecular formula is C10H13ClN2O2. The number of nitrogens with two attached hydrogens (primary N) is 2. The zero-order valence-corrected chi connectivity index (χ0v) is 9.12. The smallest absolute Gasteiger partial charge is 0.322 e. The Morgan fingerprint density at radius 2 is 2.27 bits per heavy atom. The van der Waals surface area contributed by atoms with Gasteiger partial charge in [0, 0.05) is 17.1 Å². The molecule has 1 aromatic rings. The molecule has 15 heavy (non-hydrogen) atoms. The fourth-order valence-electron chi connectivity index (χ4n) is 1.22. The first-order valence-electron chi connectivity index (χ1n) is 4.42. The number of hydrogen-bond acceptors (Lipinski definition) is 4. The van der Waals surface area contributed by atoms with Crippen LogP contribution in [-0.4, -0.2) is 19.1 Å². The van der Waals surface area contributed by atoms with Gasteiger partial charge in [-0.25, -0.2) is 0 Å². The molecule has 0 radical (unpaired) electrons. The Labute approximate surface area is 93.1 Å². The molecule has 4 N–H and O–H groups in total. The van der Waals surface area contributed by atoms with E-state index in [-0.39, 0.29) is 0 Å². The van der Waals surface area contributed by atoms with Crippen LogP contribution in [0.3, 0.4) is 0 Å². The molecule has 1 rings (SSSR count). The summed E-state index contributed by atoms with van der Waals surface area (Å²) >= 11 is 5.74. The van der Waals surface area contributed by atoms with E-state index in [9.17, 15) is 4.79 Å². The van der Waals surface area contributed by atoms with Gasteiger partial charge in [0.25, 0.3) is 0 Å². The lowest BCUT2D eigenvalue weighted by Crippen LogP contribution is -2.33. The Kier molecular flexibility index (Phi) is 3.94. The normalized spacial score (nSPS) is 12.2. The van der Waals surface area contributed by atoms with Crippen LogP contribution in [0.1, 0.15) is 5.56 Å². The van der Waals surface area contributed by atoms with Gasteiger partial charge in [0.15, 0.2) is 0 Å². The highest BCUT2D eigenvalue weighted by Crippen LogP contribution is 2.19. The van der Waals surface area contributed by atoms with Crippen LogP contribution in [0.25, 0.3) is 0 Å². The van der Waals surface area contributed by atoms with Crippen molar-refractivity contribution in [2.45, 2.75) is 12.5 Å². The molecule has 82 valence electrons. The van der Waals surface area contributed by atoms with E-state index in [1.165, 1.54) is 7.11 Å². The molecule has 0 saturated heterocycles. The summed E-state index contributed by atoms with van der Waals surface area (Å²) in [5.41, 5.74) is 12.6. The van der Waals surface area contributed by atoms with Crippen LogP contribution in [0, 0.1) is 0 Å². The number of hydrogen-bond donors (Lipinski definition) is 2. The van der Waals surface area contributed by atoms with Crippen LogP contribution in [0.2, 0.25) is 5.02 Å². The lowest BCUT2D eigenvalue weighted by molar-refractivity contribution is -0.142. The molecule has 5 heteroatoms. The molecule has 1 aromatic carbocycles. The molecule has 0 heterocycles. The average Bonchev–Trinajstić information content (AvgIpc) is 2.20. The molecule has 0 saturated carbocycles. The zero-order valence-electron chi connectivity index (χ0n) is 8.37. The predicted octanol–water partition coefficient (Wildman–Crippen LogP) is 0.965. The number of benzene rings is 1. The van der Waals surface area contributed by atoms with Gasteiger partial charge in [0.2, 0.25) is 0 Å². The fourth-order valence-corrected chi connectivity index (χ4v) is 1.40. The van der Waals surface area contributed by atoms with Crippen molar-refractivity contribution in [1.82, 2.24) is 0 Å². The highest BCUT2D eigenvalue weighted by Gasteiger charge is 2.15. The van der Waals surface area contributed by atoms with Crippen molar-refractivity contribution in [1.29, 1.82) is 0 Å². The highest BCUT2D eigenvalue weighted by atomic mass is 35.5. The topological polar surface area (TPSA) is 78.3 Å². The lowest BCUT2D eigenvalue weighted by atomic mass is 10.1. The van der Waals surface area contributed by atoms with Crippen LogP contribution in [0.4, 0.5) is 5.69 Å². The Morgan fingerprint density at radius 3 is 2.80 bits per heavy atom. The van der Waals surface area contributed by atoms with E-state index < -0.39 is 12.0 Å². The second kappa shape index (κ2) is 5.00. The maximum absolute atomic E-state index is 11.1. The number of carbonyl (C=O) groups is 1. The molecule has 0 amide bonds. The van der Waals surface area contributed by atoms with Crippen molar-refractivity contribution in [3.8, 4) is 0 Å². The number of ether oxygens (including phenoxy) is 1. The summed E-state index contributed by atoms with van der Waals surface area (Å²) in [5, 5.41) is 0.558. The van der Waals surface area contributed by atoms with Crippen molar-refractivity contribution in [3.05, 3.63) is 28.8 Å². The quantitative estimate of drug-likeness (QED) is 0.597. The summed E-state index contributed by atoms with van der Waals surface area (Å²) < 4.78 is 4.52. The van der Waals surface area contributed by atoms with Crippen molar-refractivity contribution in [2.24, 2.45) is 5.73 Å². The number of halogens is 1. The molecule has 0 aliphatic rings. The number of nitrogen functional groups attached to an aromatic ring is 1. The van der Waals surface area contributed by atoms with Gasteiger partial charge >= 0.3 is 5.97 Å². The summed E-state index contributed by atoms with van der Waals surface area (Å²) in [5.74, 6) is -0.454. The van der Waals surface area contributed by atoms with Crippen LogP contribution in [0.15, 0.2) is 18.2 Å². The Bertz CT molecular complexity index is 368. The van der Waals surface area contributed by atoms with Gasteiger partial charge in [-0.1, -0.05) is 17.7 Å². The van der Waals surface area contributed by atoms with Gasteiger partial charge < -0.3 is 16.2 Å². The highest BCUT2D eigenvalue weighted by molar-refractivity contribution is 6.30. The summed E-state index contributed by atoms with van der Waals surface area (Å²) in [6, 6.07) is 4.39. The maximum atomic E-state index is 11.1. The SMILES string of the molecule is COC(=O)[C@H](N)Cc1ccc(Cl)cc1N. The van der Waals surface area contributed by atoms with E-state index >= 15 is 0 Å². The van der Waals surface area contributed by atoms with Crippen LogP contribution >= 0.6 is 11.6 Å². The lowest BCUT2D eigenvalue weighted by Gasteiger charge is -2.11. The van der Waals surface area contributed by atoms with E-state index in [0.29, 0.717) is 17.1 Å². The van der Waals surface area contributed by atoms with Crippen LogP contribution in [0.5, 0.6) is 0 Å². The average molecular weight is 229 g/mol. The standard InChI is InChI=1S/C10H13ClN2O2/c1-15-10(14)9(13)4-6-2-3-7(11)5-8(6)12/h2-3,5,9H,4,12-13H2,1H3/t9-/m1/s1. The second-order valence-electron chi connectivity index (χ2n) is 3.18. The summed E-state index contributed by atoms with van der Waals surface area (Å²) in [7, 11) is 1.30. The van der Waals surface area contributed by atoms with E-state index in [4.69, 9.17) is 23.1 Å². The Morgan fingerprint density at radius 1 is 1.60 bits per heavy atom. The first-order chi connectivity index (χ1) is 7.04. The van der Waals surface area contributed by atoms with Gasteiger partial charge in [0.1, 0.15) is 6.04 Å². The molecule has 1 atom stereocenters. The third-order valence-corrected chi connectivity index (χ3v) is 2.29. The van der Waals surface area contributed by atoms with Gasteiger partial charge in [0.05, 0.1) is 7.11 Å². The molecule has 0 unspecified atom stereocenters. The molecule has 0 fully saturated rings. The first-order valence-corrected chi connectivity index (χ1v) is 4.79. The first kappa shape index (κ1) is 11.8. The molecule has 0 spiro atoms. The molecule has 0 aliphatic heterocycles. The predicted molar refractivity (Wildman–Crippen MR) is 59.6 cm³/mol. The minimum atomic E-state index is -0.696. The number of rotatable bonds is 3. The van der Waals surface area contributed by atoms with E-state index in [1.54, 1.807) is 18.2 Å². The Hall–Kier alpha value is -1.26. The molecule has 4 nitrogen and oxygen atoms in total. The number of anilines is 1. The molecule has 0 bridgehead atoms. The second-order valence-corrected chi connectivity index (χ2v) is 3.61. The number of carbonyl (C=O) groups excluding carboxylic acids is 1. The summed E-state index contributed by atoms with van der Waals surface area (Å²) in [6.07, 6.45) is 0.343. The van der Waals surface area contributed by atoms with E-state index in [0.717, 1.165) is 5.56 Å². The van der Waals surface area contributed by atoms with Crippen molar-refractivity contribution >= 4 is 23.3 Å². The minimum absolute atomic E-state index is 0.343. The third-order valence-electron chi connectivity index (χ3n) is 2.05. The van der Waals surface area contributed by atoms with Crippen molar-refractivity contribution in [2.75, 3.05) is 12.8 Å². The summed E-state index contributed by atoms with van der Waals surface area (Å²) in [6.45, 7) is 0. The Balaban J connectivity index is 2.76. The van der Waals surface area contributed by atoms with Gasteiger partial charge in [-0.05, 0) is 17.7 Å². The van der Waals surface area contributed by atoms with Gasteiger partial charge in [-0.2, -0.15) is 0 Å². The molecular weight excluding hydrogens is 216 g/mol.